The summed E-state index contributed by atoms with van der Waals surface area (Å²) in [5.74, 6) is -0.168. The number of rotatable bonds is 3. The van der Waals surface area contributed by atoms with Crippen molar-refractivity contribution >= 4 is 44.2 Å². The molecule has 26 heavy (non-hydrogen) atoms. The molecule has 3 heterocycles. The predicted molar refractivity (Wildman–Crippen MR) is 104 cm³/mol. The maximum absolute atomic E-state index is 12.2. The second-order valence-electron chi connectivity index (χ2n) is 6.36. The van der Waals surface area contributed by atoms with Gasteiger partial charge in [0.25, 0.3) is 5.91 Å². The van der Waals surface area contributed by atoms with E-state index >= 15 is 0 Å². The highest BCUT2D eigenvalue weighted by atomic mass is 35.5. The highest BCUT2D eigenvalue weighted by Gasteiger charge is 2.24. The van der Waals surface area contributed by atoms with Gasteiger partial charge in [-0.1, -0.05) is 29.0 Å². The average Bonchev–Trinajstić information content (AvgIpc) is 3.13. The Kier molecular flexibility index (Phi) is 4.74. The van der Waals surface area contributed by atoms with E-state index in [9.17, 15) is 4.79 Å². The molecule has 1 N–H and O–H groups in total. The van der Waals surface area contributed by atoms with E-state index in [-0.39, 0.29) is 11.9 Å². The van der Waals surface area contributed by atoms with Crippen molar-refractivity contribution in [3.8, 4) is 0 Å². The van der Waals surface area contributed by atoms with Crippen LogP contribution in [-0.4, -0.2) is 40.0 Å². The molecule has 1 aromatic carbocycles. The summed E-state index contributed by atoms with van der Waals surface area (Å²) in [5, 5.41) is 4.79. The average molecular weight is 388 g/mol. The lowest BCUT2D eigenvalue weighted by Crippen LogP contribution is -2.44. The molecule has 2 aromatic heterocycles. The lowest BCUT2D eigenvalue weighted by Gasteiger charge is -2.32. The van der Waals surface area contributed by atoms with Crippen molar-refractivity contribution in [2.75, 3.05) is 18.0 Å². The molecule has 0 atom stereocenters. The van der Waals surface area contributed by atoms with Gasteiger partial charge in [0.05, 0.1) is 21.4 Å². The maximum atomic E-state index is 12.2. The third kappa shape index (κ3) is 3.37. The molecule has 3 aromatic rings. The Bertz CT molecular complexity index is 898. The van der Waals surface area contributed by atoms with Crippen LogP contribution in [0.1, 0.15) is 28.9 Å². The topological polar surface area (TPSA) is 71.0 Å². The van der Waals surface area contributed by atoms with Gasteiger partial charge in [-0.3, -0.25) is 9.78 Å². The lowest BCUT2D eigenvalue weighted by molar-refractivity contribution is 0.0925. The van der Waals surface area contributed by atoms with Crippen molar-refractivity contribution in [2.45, 2.75) is 25.8 Å². The van der Waals surface area contributed by atoms with Crippen LogP contribution in [0.2, 0.25) is 5.02 Å². The quantitative estimate of drug-likeness (QED) is 0.745. The van der Waals surface area contributed by atoms with Gasteiger partial charge < -0.3 is 10.2 Å². The standard InChI is InChI=1S/C18H18ClN5OS/c1-11-2-3-13(19)16-15(11)23-18(26-16)24-8-4-12(5-9-24)22-17(25)14-10-20-6-7-21-14/h2-3,6-7,10,12H,4-5,8-9H2,1H3,(H,22,25). The van der Waals surface area contributed by atoms with E-state index in [4.69, 9.17) is 16.6 Å². The molecule has 0 radical (unpaired) electrons. The van der Waals surface area contributed by atoms with Crippen LogP contribution in [0.15, 0.2) is 30.7 Å². The van der Waals surface area contributed by atoms with Gasteiger partial charge in [0, 0.05) is 31.5 Å². The fourth-order valence-corrected chi connectivity index (χ4v) is 4.49. The van der Waals surface area contributed by atoms with Gasteiger partial charge in [0.1, 0.15) is 5.69 Å². The van der Waals surface area contributed by atoms with Crippen molar-refractivity contribution in [1.82, 2.24) is 20.3 Å². The molecule has 0 spiro atoms. The smallest absolute Gasteiger partial charge is 0.271 e. The number of nitrogens with one attached hydrogen (secondary N) is 1. The fourth-order valence-electron chi connectivity index (χ4n) is 3.12. The molecular formula is C18H18ClN5OS. The zero-order valence-electron chi connectivity index (χ0n) is 14.3. The highest BCUT2D eigenvalue weighted by molar-refractivity contribution is 7.22. The van der Waals surface area contributed by atoms with Crippen LogP contribution in [0, 0.1) is 6.92 Å². The molecule has 1 aliphatic heterocycles. The molecule has 0 aliphatic carbocycles. The summed E-state index contributed by atoms with van der Waals surface area (Å²) in [6.07, 6.45) is 6.31. The molecule has 8 heteroatoms. The van der Waals surface area contributed by atoms with Crippen LogP contribution in [0.3, 0.4) is 0 Å². The van der Waals surface area contributed by atoms with Gasteiger partial charge in [-0.15, -0.1) is 0 Å². The second kappa shape index (κ2) is 7.17. The van der Waals surface area contributed by atoms with Gasteiger partial charge in [-0.05, 0) is 31.4 Å². The number of fused-ring (bicyclic) bond motifs is 1. The van der Waals surface area contributed by atoms with Crippen LogP contribution in [-0.2, 0) is 0 Å². The van der Waals surface area contributed by atoms with Crippen LogP contribution in [0.5, 0.6) is 0 Å². The van der Waals surface area contributed by atoms with E-state index in [1.807, 2.05) is 12.1 Å². The van der Waals surface area contributed by atoms with Crippen LogP contribution in [0.4, 0.5) is 5.13 Å². The van der Waals surface area contributed by atoms with Crippen molar-refractivity contribution in [1.29, 1.82) is 0 Å². The summed E-state index contributed by atoms with van der Waals surface area (Å²) in [7, 11) is 0. The maximum Gasteiger partial charge on any atom is 0.271 e. The number of halogens is 1. The van der Waals surface area contributed by atoms with Crippen molar-refractivity contribution < 1.29 is 4.79 Å². The van der Waals surface area contributed by atoms with E-state index in [0.29, 0.717) is 5.69 Å². The van der Waals surface area contributed by atoms with E-state index in [0.717, 1.165) is 51.9 Å². The fraction of sp³-hybridized carbons (Fsp3) is 0.333. The lowest BCUT2D eigenvalue weighted by atomic mass is 10.1. The Morgan fingerprint density at radius 2 is 2.12 bits per heavy atom. The number of aryl methyl sites for hydroxylation is 1. The van der Waals surface area contributed by atoms with Crippen molar-refractivity contribution in [3.63, 3.8) is 0 Å². The van der Waals surface area contributed by atoms with Gasteiger partial charge in [0.2, 0.25) is 0 Å². The summed E-state index contributed by atoms with van der Waals surface area (Å²) >= 11 is 7.95. The first-order valence-corrected chi connectivity index (χ1v) is 9.69. The molecule has 1 aliphatic rings. The SMILES string of the molecule is Cc1ccc(Cl)c2sc(N3CCC(NC(=O)c4cnccn4)CC3)nc12. The molecule has 1 fully saturated rings. The number of benzene rings is 1. The molecule has 134 valence electrons. The minimum atomic E-state index is -0.168. The van der Waals surface area contributed by atoms with Crippen LogP contribution < -0.4 is 10.2 Å². The Labute approximate surface area is 160 Å². The number of amides is 1. The number of nitrogens with zero attached hydrogens (tertiary/aromatic N) is 4. The number of thiazole rings is 1. The number of carbonyl (C=O) groups is 1. The Balaban J connectivity index is 1.42. The first-order chi connectivity index (χ1) is 12.6. The van der Waals surface area contributed by atoms with Crippen LogP contribution >= 0.6 is 22.9 Å². The summed E-state index contributed by atoms with van der Waals surface area (Å²) < 4.78 is 1.04. The molecule has 0 unspecified atom stereocenters. The predicted octanol–water partition coefficient (Wildman–Crippen LogP) is 3.45. The molecule has 0 saturated carbocycles. The van der Waals surface area contributed by atoms with E-state index in [1.54, 1.807) is 17.5 Å². The molecule has 4 rings (SSSR count). The van der Waals surface area contributed by atoms with E-state index in [1.165, 1.54) is 12.4 Å². The van der Waals surface area contributed by atoms with Gasteiger partial charge in [-0.25, -0.2) is 9.97 Å². The van der Waals surface area contributed by atoms with E-state index < -0.39 is 0 Å². The molecular weight excluding hydrogens is 370 g/mol. The largest absolute Gasteiger partial charge is 0.348 e. The zero-order valence-corrected chi connectivity index (χ0v) is 15.8. The Morgan fingerprint density at radius 3 is 2.81 bits per heavy atom. The monoisotopic (exact) mass is 387 g/mol. The minimum Gasteiger partial charge on any atom is -0.348 e. The number of hydrogen-bond donors (Lipinski definition) is 1. The number of hydrogen-bond acceptors (Lipinski definition) is 6. The summed E-state index contributed by atoms with van der Waals surface area (Å²) in [4.78, 5) is 27.2. The van der Waals surface area contributed by atoms with Crippen molar-refractivity contribution in [2.24, 2.45) is 0 Å². The third-order valence-corrected chi connectivity index (χ3v) is 6.16. The molecule has 6 nitrogen and oxygen atoms in total. The number of anilines is 1. The van der Waals surface area contributed by atoms with Crippen molar-refractivity contribution in [3.05, 3.63) is 47.0 Å². The summed E-state index contributed by atoms with van der Waals surface area (Å²) in [6, 6.07) is 4.07. The molecule has 1 saturated heterocycles. The van der Waals surface area contributed by atoms with Gasteiger partial charge >= 0.3 is 0 Å². The number of aromatic nitrogens is 3. The normalized spacial score (nSPS) is 15.4. The summed E-state index contributed by atoms with van der Waals surface area (Å²) in [5.41, 5.74) is 2.47. The zero-order chi connectivity index (χ0) is 18.1. The van der Waals surface area contributed by atoms with Gasteiger partial charge in [0.15, 0.2) is 5.13 Å². The van der Waals surface area contributed by atoms with Crippen LogP contribution in [0.25, 0.3) is 10.2 Å². The van der Waals surface area contributed by atoms with Gasteiger partial charge in [-0.2, -0.15) is 0 Å². The number of piperidine rings is 1. The number of carbonyl (C=O) groups excluding carboxylic acids is 1. The highest BCUT2D eigenvalue weighted by Crippen LogP contribution is 2.36. The van der Waals surface area contributed by atoms with E-state index in [2.05, 4.69) is 27.1 Å². The summed E-state index contributed by atoms with van der Waals surface area (Å²) in [6.45, 7) is 3.75. The first kappa shape index (κ1) is 17.2. The second-order valence-corrected chi connectivity index (χ2v) is 7.75. The third-order valence-electron chi connectivity index (χ3n) is 4.58. The molecule has 1 amide bonds. The molecule has 0 bridgehead atoms. The first-order valence-electron chi connectivity index (χ1n) is 8.49. The Morgan fingerprint density at radius 1 is 1.31 bits per heavy atom. The Hall–Kier alpha value is -2.25. The minimum absolute atomic E-state index is 0.139.